The highest BCUT2D eigenvalue weighted by Gasteiger charge is 2.28. The maximum atomic E-state index is 10.6. The molecule has 4 heteroatoms. The molecule has 0 bridgehead atoms. The molecule has 3 aromatic rings. The second-order valence-electron chi connectivity index (χ2n) is 5.94. The molecule has 0 spiro atoms. The predicted octanol–water partition coefficient (Wildman–Crippen LogP) is 0.966. The fraction of sp³-hybridized carbons (Fsp3) is 0.100. The van der Waals surface area contributed by atoms with E-state index in [-0.39, 0.29) is 11.5 Å². The number of hydrogen-bond acceptors (Lipinski definition) is 4. The second kappa shape index (κ2) is 5.37. The fourth-order valence-corrected chi connectivity index (χ4v) is 3.37. The summed E-state index contributed by atoms with van der Waals surface area (Å²) in [5, 5.41) is 44.4. The third-order valence-electron chi connectivity index (χ3n) is 4.49. The van der Waals surface area contributed by atoms with Crippen molar-refractivity contribution in [1.82, 2.24) is 0 Å². The Balaban J connectivity index is 2.23. The summed E-state index contributed by atoms with van der Waals surface area (Å²) in [6.07, 6.45) is -0.697. The standard InChI is InChI=1S/C20H16O4/c21-15-9-11-5-1-3-7-13(11)17(19(15)23)18-14-8-4-2-6-12(14)10-16(22)20(18)24/h1-10,15,19,21-24H. The van der Waals surface area contributed by atoms with Crippen molar-refractivity contribution < 1.29 is 20.4 Å². The number of fused-ring (bicyclic) bond motifs is 2. The largest absolute Gasteiger partial charge is 0.504 e. The lowest BCUT2D eigenvalue weighted by Gasteiger charge is -2.24. The van der Waals surface area contributed by atoms with E-state index in [1.807, 2.05) is 48.5 Å². The molecule has 4 rings (SSSR count). The molecule has 1 aliphatic rings. The number of aliphatic hydroxyl groups excluding tert-OH is 2. The van der Waals surface area contributed by atoms with Gasteiger partial charge in [0.25, 0.3) is 0 Å². The summed E-state index contributed by atoms with van der Waals surface area (Å²) in [5.74, 6) is -0.559. The first-order valence-corrected chi connectivity index (χ1v) is 7.69. The zero-order valence-electron chi connectivity index (χ0n) is 12.7. The topological polar surface area (TPSA) is 80.9 Å². The molecule has 120 valence electrons. The Morgan fingerprint density at radius 1 is 0.833 bits per heavy atom. The summed E-state index contributed by atoms with van der Waals surface area (Å²) in [6.45, 7) is 0. The fourth-order valence-electron chi connectivity index (χ4n) is 3.37. The van der Waals surface area contributed by atoms with Gasteiger partial charge in [-0.15, -0.1) is 0 Å². The Labute approximate surface area is 137 Å². The molecule has 0 heterocycles. The zero-order chi connectivity index (χ0) is 16.8. The molecule has 0 saturated heterocycles. The molecule has 2 atom stereocenters. The first-order chi connectivity index (χ1) is 11.6. The van der Waals surface area contributed by atoms with Gasteiger partial charge >= 0.3 is 0 Å². The summed E-state index contributed by atoms with van der Waals surface area (Å²) in [6, 6.07) is 16.1. The highest BCUT2D eigenvalue weighted by atomic mass is 16.3. The lowest BCUT2D eigenvalue weighted by Crippen LogP contribution is -2.42. The van der Waals surface area contributed by atoms with E-state index < -0.39 is 12.2 Å². The molecular weight excluding hydrogens is 304 g/mol. The van der Waals surface area contributed by atoms with Crippen molar-refractivity contribution in [3.8, 4) is 11.5 Å². The van der Waals surface area contributed by atoms with E-state index in [0.29, 0.717) is 16.5 Å². The Bertz CT molecular complexity index is 1070. The van der Waals surface area contributed by atoms with Crippen molar-refractivity contribution in [2.45, 2.75) is 12.2 Å². The van der Waals surface area contributed by atoms with Crippen molar-refractivity contribution in [1.29, 1.82) is 0 Å². The van der Waals surface area contributed by atoms with Gasteiger partial charge in [-0.1, -0.05) is 48.5 Å². The molecule has 4 nitrogen and oxygen atoms in total. The van der Waals surface area contributed by atoms with Crippen LogP contribution < -0.4 is 10.4 Å². The lowest BCUT2D eigenvalue weighted by atomic mass is 9.86. The van der Waals surface area contributed by atoms with Gasteiger partial charge < -0.3 is 20.4 Å². The smallest absolute Gasteiger partial charge is 0.165 e. The van der Waals surface area contributed by atoms with E-state index in [9.17, 15) is 20.4 Å². The average Bonchev–Trinajstić information content (AvgIpc) is 2.58. The van der Waals surface area contributed by atoms with Crippen LogP contribution in [0.25, 0.3) is 22.4 Å². The minimum absolute atomic E-state index is 0.259. The number of phenolic OH excluding ortho intramolecular Hbond substituents is 2. The first-order valence-electron chi connectivity index (χ1n) is 7.69. The van der Waals surface area contributed by atoms with Crippen LogP contribution in [-0.2, 0) is 0 Å². The Hall–Kier alpha value is -2.82. The quantitative estimate of drug-likeness (QED) is 0.504. The van der Waals surface area contributed by atoms with Crippen molar-refractivity contribution in [2.24, 2.45) is 0 Å². The van der Waals surface area contributed by atoms with E-state index in [0.717, 1.165) is 15.8 Å². The lowest BCUT2D eigenvalue weighted by molar-refractivity contribution is 0.0953. The maximum Gasteiger partial charge on any atom is 0.165 e. The van der Waals surface area contributed by atoms with Crippen LogP contribution in [0.2, 0.25) is 0 Å². The van der Waals surface area contributed by atoms with Crippen LogP contribution in [0.5, 0.6) is 11.5 Å². The summed E-state index contributed by atoms with van der Waals surface area (Å²) in [5.41, 5.74) is 0.753. The van der Waals surface area contributed by atoms with Gasteiger partial charge in [0.05, 0.1) is 0 Å². The normalized spacial score (nSPS) is 19.8. The third kappa shape index (κ3) is 2.08. The van der Waals surface area contributed by atoms with Crippen LogP contribution in [0.4, 0.5) is 0 Å². The molecule has 0 aliphatic heterocycles. The van der Waals surface area contributed by atoms with Gasteiger partial charge in [-0.25, -0.2) is 0 Å². The summed E-state index contributed by atoms with van der Waals surface area (Å²) in [7, 11) is 0. The Morgan fingerprint density at radius 3 is 2.38 bits per heavy atom. The molecular formula is C20H16O4. The van der Waals surface area contributed by atoms with Gasteiger partial charge in [0, 0.05) is 11.1 Å². The van der Waals surface area contributed by atoms with Gasteiger partial charge in [0.1, 0.15) is 12.2 Å². The van der Waals surface area contributed by atoms with Crippen molar-refractivity contribution in [2.75, 3.05) is 0 Å². The molecule has 0 aromatic heterocycles. The zero-order valence-corrected chi connectivity index (χ0v) is 12.7. The van der Waals surface area contributed by atoms with Crippen LogP contribution in [0, 0.1) is 0 Å². The van der Waals surface area contributed by atoms with Crippen LogP contribution in [-0.4, -0.2) is 32.6 Å². The minimum atomic E-state index is -1.20. The van der Waals surface area contributed by atoms with Gasteiger partial charge in [0.2, 0.25) is 0 Å². The highest BCUT2D eigenvalue weighted by Crippen LogP contribution is 2.40. The number of benzene rings is 3. The van der Waals surface area contributed by atoms with Gasteiger partial charge in [-0.05, 0) is 33.4 Å². The van der Waals surface area contributed by atoms with Crippen LogP contribution >= 0.6 is 0 Å². The van der Waals surface area contributed by atoms with E-state index in [1.165, 1.54) is 6.07 Å². The molecule has 4 N–H and O–H groups in total. The molecule has 1 aliphatic carbocycles. The summed E-state index contributed by atoms with van der Waals surface area (Å²) >= 11 is 0. The Morgan fingerprint density at radius 2 is 1.54 bits per heavy atom. The highest BCUT2D eigenvalue weighted by molar-refractivity contribution is 5.99. The SMILES string of the molecule is Oc1cc2ccccc2c(C2=c3ccccc3=CC(O)C2O)c1O. The minimum Gasteiger partial charge on any atom is -0.504 e. The van der Waals surface area contributed by atoms with Crippen molar-refractivity contribution in [3.63, 3.8) is 0 Å². The Kier molecular flexibility index (Phi) is 3.30. The third-order valence-corrected chi connectivity index (χ3v) is 4.49. The van der Waals surface area contributed by atoms with Gasteiger partial charge in [-0.3, -0.25) is 0 Å². The van der Waals surface area contributed by atoms with Crippen molar-refractivity contribution in [3.05, 3.63) is 70.6 Å². The molecule has 24 heavy (non-hydrogen) atoms. The van der Waals surface area contributed by atoms with E-state index in [2.05, 4.69) is 0 Å². The number of hydrogen-bond donors (Lipinski definition) is 4. The maximum absolute atomic E-state index is 10.6. The first kappa shape index (κ1) is 14.8. The summed E-state index contributed by atoms with van der Waals surface area (Å²) in [4.78, 5) is 0. The monoisotopic (exact) mass is 320 g/mol. The molecule has 3 aromatic carbocycles. The molecule has 0 fully saturated rings. The number of rotatable bonds is 1. The van der Waals surface area contributed by atoms with Crippen LogP contribution in [0.15, 0.2) is 54.6 Å². The predicted molar refractivity (Wildman–Crippen MR) is 92.0 cm³/mol. The summed E-state index contributed by atoms with van der Waals surface area (Å²) < 4.78 is 0. The molecule has 2 unspecified atom stereocenters. The van der Waals surface area contributed by atoms with Crippen LogP contribution in [0.3, 0.4) is 0 Å². The number of aromatic hydroxyl groups is 2. The van der Waals surface area contributed by atoms with Gasteiger partial charge in [-0.2, -0.15) is 0 Å². The molecule has 0 radical (unpaired) electrons. The average molecular weight is 320 g/mol. The van der Waals surface area contributed by atoms with Crippen LogP contribution in [0.1, 0.15) is 5.56 Å². The number of phenols is 2. The van der Waals surface area contributed by atoms with E-state index in [1.54, 1.807) is 6.08 Å². The molecule has 0 saturated carbocycles. The second-order valence-corrected chi connectivity index (χ2v) is 5.94. The van der Waals surface area contributed by atoms with E-state index in [4.69, 9.17) is 0 Å². The number of aliphatic hydroxyl groups is 2. The van der Waals surface area contributed by atoms with E-state index >= 15 is 0 Å². The molecule has 0 amide bonds. The van der Waals surface area contributed by atoms with Gasteiger partial charge in [0.15, 0.2) is 11.5 Å². The van der Waals surface area contributed by atoms with Crippen molar-refractivity contribution >= 4 is 22.4 Å².